The van der Waals surface area contributed by atoms with Gasteiger partial charge in [0, 0.05) is 23.3 Å². The molecule has 0 unspecified atom stereocenters. The molecule has 1 aromatic carbocycles. The van der Waals surface area contributed by atoms with Crippen LogP contribution in [-0.4, -0.2) is 17.1 Å². The predicted octanol–water partition coefficient (Wildman–Crippen LogP) is 4.44. The van der Waals surface area contributed by atoms with Crippen LogP contribution in [0.2, 0.25) is 0 Å². The smallest absolute Gasteiger partial charge is 0.128 e. The third-order valence-corrected chi connectivity index (χ3v) is 4.10. The molecule has 21 heavy (non-hydrogen) atoms. The Balaban J connectivity index is 2.28. The fourth-order valence-electron chi connectivity index (χ4n) is 2.50. The molecule has 0 aliphatic rings. The molecule has 0 fully saturated rings. The van der Waals surface area contributed by atoms with E-state index in [2.05, 4.69) is 29.0 Å². The zero-order chi connectivity index (χ0) is 14.7. The van der Waals surface area contributed by atoms with Crippen molar-refractivity contribution in [3.05, 3.63) is 53.1 Å². The van der Waals surface area contributed by atoms with Crippen LogP contribution in [0.1, 0.15) is 12.5 Å². The summed E-state index contributed by atoms with van der Waals surface area (Å²) in [6, 6.07) is 8.16. The summed E-state index contributed by atoms with van der Waals surface area (Å²) in [5.41, 5.74) is 7.35. The zero-order valence-corrected chi connectivity index (χ0v) is 12.9. The van der Waals surface area contributed by atoms with E-state index in [1.54, 1.807) is 18.4 Å². The molecule has 0 saturated carbocycles. The van der Waals surface area contributed by atoms with E-state index in [4.69, 9.17) is 4.74 Å². The minimum absolute atomic E-state index is 0.837. The van der Waals surface area contributed by atoms with Gasteiger partial charge in [0.25, 0.3) is 0 Å². The zero-order valence-electron chi connectivity index (χ0n) is 12.0. The second-order valence-corrected chi connectivity index (χ2v) is 5.36. The van der Waals surface area contributed by atoms with Gasteiger partial charge in [-0.2, -0.15) is 0 Å². The summed E-state index contributed by atoms with van der Waals surface area (Å²) in [5, 5.41) is 2.04. The molecule has 3 nitrogen and oxygen atoms in total. The number of ether oxygens (including phenoxy) is 1. The van der Waals surface area contributed by atoms with Crippen LogP contribution < -0.4 is 4.74 Å². The van der Waals surface area contributed by atoms with Crippen molar-refractivity contribution in [2.45, 2.75) is 13.3 Å². The Bertz CT molecular complexity index is 738. The van der Waals surface area contributed by atoms with Crippen LogP contribution in [0.25, 0.3) is 22.4 Å². The lowest BCUT2D eigenvalue weighted by Crippen LogP contribution is -1.95. The first kappa shape index (κ1) is 13.8. The number of thiazole rings is 1. The van der Waals surface area contributed by atoms with Crippen molar-refractivity contribution in [2.75, 3.05) is 7.11 Å². The first-order chi connectivity index (χ1) is 10.3. The van der Waals surface area contributed by atoms with Crippen LogP contribution in [0.4, 0.5) is 0 Å². The van der Waals surface area contributed by atoms with Crippen LogP contribution in [0.15, 0.2) is 47.5 Å². The van der Waals surface area contributed by atoms with E-state index in [1.165, 1.54) is 5.56 Å². The van der Waals surface area contributed by atoms with Crippen molar-refractivity contribution in [3.8, 4) is 28.1 Å². The minimum atomic E-state index is 0.837. The number of aromatic nitrogens is 2. The summed E-state index contributed by atoms with van der Waals surface area (Å²) in [6.45, 7) is 2.15. The first-order valence-corrected chi connectivity index (χ1v) is 7.78. The van der Waals surface area contributed by atoms with Gasteiger partial charge in [-0.3, -0.25) is 4.98 Å². The fourth-order valence-corrected chi connectivity index (χ4v) is 3.04. The van der Waals surface area contributed by atoms with Gasteiger partial charge in [-0.25, -0.2) is 4.98 Å². The van der Waals surface area contributed by atoms with Gasteiger partial charge in [-0.05, 0) is 29.7 Å². The highest BCUT2D eigenvalue weighted by Crippen LogP contribution is 2.39. The average molecular weight is 296 g/mol. The van der Waals surface area contributed by atoms with E-state index < -0.39 is 0 Å². The van der Waals surface area contributed by atoms with Crippen molar-refractivity contribution >= 4 is 11.3 Å². The molecular weight excluding hydrogens is 280 g/mol. The van der Waals surface area contributed by atoms with Gasteiger partial charge in [0.1, 0.15) is 5.75 Å². The van der Waals surface area contributed by atoms with Crippen LogP contribution in [-0.2, 0) is 6.42 Å². The molecule has 3 aromatic rings. The van der Waals surface area contributed by atoms with E-state index in [1.807, 2.05) is 35.4 Å². The highest BCUT2D eigenvalue weighted by Gasteiger charge is 2.16. The summed E-state index contributed by atoms with van der Waals surface area (Å²) >= 11 is 1.59. The number of pyridine rings is 1. The maximum absolute atomic E-state index is 5.55. The van der Waals surface area contributed by atoms with Gasteiger partial charge in [0.2, 0.25) is 0 Å². The number of methoxy groups -OCH3 is 1. The summed E-state index contributed by atoms with van der Waals surface area (Å²) < 4.78 is 5.55. The maximum atomic E-state index is 5.55. The molecule has 0 N–H and O–H groups in total. The van der Waals surface area contributed by atoms with Crippen LogP contribution in [0.3, 0.4) is 0 Å². The Hall–Kier alpha value is -2.20. The molecule has 0 amide bonds. The van der Waals surface area contributed by atoms with Crippen molar-refractivity contribution in [1.82, 2.24) is 9.97 Å². The summed E-state index contributed by atoms with van der Waals surface area (Å²) in [5.74, 6) is 0.837. The summed E-state index contributed by atoms with van der Waals surface area (Å²) in [6.07, 6.45) is 4.72. The second kappa shape index (κ2) is 6.06. The summed E-state index contributed by atoms with van der Waals surface area (Å²) in [4.78, 5) is 8.74. The molecule has 106 valence electrons. The van der Waals surface area contributed by atoms with Gasteiger partial charge in [0.05, 0.1) is 23.9 Å². The summed E-state index contributed by atoms with van der Waals surface area (Å²) in [7, 11) is 1.69. The number of hydrogen-bond donors (Lipinski definition) is 0. The molecule has 0 bridgehead atoms. The average Bonchev–Trinajstić information content (AvgIpc) is 3.08. The van der Waals surface area contributed by atoms with Gasteiger partial charge in [0.15, 0.2) is 0 Å². The number of aryl methyl sites for hydroxylation is 1. The standard InChI is InChI=1S/C17H16N2OS/c1-3-12-7-8-18-9-14(12)13-5-4-6-16(20-2)17(13)15-10-21-11-19-15/h4-11H,3H2,1-2H3. The third-order valence-electron chi connectivity index (χ3n) is 3.52. The van der Waals surface area contributed by atoms with Gasteiger partial charge in [-0.1, -0.05) is 19.1 Å². The van der Waals surface area contributed by atoms with E-state index in [0.29, 0.717) is 0 Å². The molecule has 0 aliphatic carbocycles. The molecule has 0 saturated heterocycles. The van der Waals surface area contributed by atoms with E-state index >= 15 is 0 Å². The van der Waals surface area contributed by atoms with Crippen molar-refractivity contribution in [2.24, 2.45) is 0 Å². The Morgan fingerprint density at radius 2 is 2.10 bits per heavy atom. The number of nitrogens with zero attached hydrogens (tertiary/aromatic N) is 2. The lowest BCUT2D eigenvalue weighted by atomic mass is 9.94. The molecule has 0 radical (unpaired) electrons. The van der Waals surface area contributed by atoms with Crippen molar-refractivity contribution < 1.29 is 4.74 Å². The normalized spacial score (nSPS) is 10.6. The molecule has 2 heterocycles. The third kappa shape index (κ3) is 2.54. The Labute approximate surface area is 128 Å². The van der Waals surface area contributed by atoms with Crippen LogP contribution >= 0.6 is 11.3 Å². The van der Waals surface area contributed by atoms with Crippen molar-refractivity contribution in [1.29, 1.82) is 0 Å². The van der Waals surface area contributed by atoms with E-state index in [-0.39, 0.29) is 0 Å². The minimum Gasteiger partial charge on any atom is -0.496 e. The van der Waals surface area contributed by atoms with Gasteiger partial charge < -0.3 is 4.74 Å². The molecule has 0 aliphatic heterocycles. The lowest BCUT2D eigenvalue weighted by molar-refractivity contribution is 0.416. The molecule has 0 atom stereocenters. The molecule has 0 spiro atoms. The Morgan fingerprint density at radius 1 is 1.19 bits per heavy atom. The number of benzene rings is 1. The van der Waals surface area contributed by atoms with Gasteiger partial charge in [-0.15, -0.1) is 11.3 Å². The molecular formula is C17H16N2OS. The quantitative estimate of drug-likeness (QED) is 0.713. The van der Waals surface area contributed by atoms with Crippen molar-refractivity contribution in [3.63, 3.8) is 0 Å². The van der Waals surface area contributed by atoms with Crippen LogP contribution in [0.5, 0.6) is 5.75 Å². The van der Waals surface area contributed by atoms with E-state index in [0.717, 1.165) is 34.6 Å². The number of rotatable bonds is 4. The molecule has 3 rings (SSSR count). The topological polar surface area (TPSA) is 35.0 Å². The highest BCUT2D eigenvalue weighted by molar-refractivity contribution is 7.07. The maximum Gasteiger partial charge on any atom is 0.128 e. The lowest BCUT2D eigenvalue weighted by Gasteiger charge is -2.14. The first-order valence-electron chi connectivity index (χ1n) is 6.84. The van der Waals surface area contributed by atoms with E-state index in [9.17, 15) is 0 Å². The predicted molar refractivity (Wildman–Crippen MR) is 86.7 cm³/mol. The Morgan fingerprint density at radius 3 is 2.81 bits per heavy atom. The largest absolute Gasteiger partial charge is 0.496 e. The molecule has 4 heteroatoms. The second-order valence-electron chi connectivity index (χ2n) is 4.64. The highest BCUT2D eigenvalue weighted by atomic mass is 32.1. The Kier molecular flexibility index (Phi) is 3.97. The monoisotopic (exact) mass is 296 g/mol. The SMILES string of the molecule is CCc1ccncc1-c1cccc(OC)c1-c1cscn1. The number of hydrogen-bond acceptors (Lipinski definition) is 4. The van der Waals surface area contributed by atoms with Crippen LogP contribution in [0, 0.1) is 0 Å². The molecule has 2 aromatic heterocycles. The fraction of sp³-hybridized carbons (Fsp3) is 0.176. The van der Waals surface area contributed by atoms with Gasteiger partial charge >= 0.3 is 0 Å².